The van der Waals surface area contributed by atoms with Gasteiger partial charge in [-0.3, -0.25) is 0 Å². The van der Waals surface area contributed by atoms with Crippen molar-refractivity contribution in [2.24, 2.45) is 16.6 Å². The SMILES string of the molecule is C/C=C(\N=C(N)CC)c1cccc(N2CCC(C(F)F)CC2)c1. The first kappa shape index (κ1) is 17.4. The summed E-state index contributed by atoms with van der Waals surface area (Å²) in [6.07, 6.45) is 1.52. The molecule has 0 spiro atoms. The number of rotatable bonds is 5. The highest BCUT2D eigenvalue weighted by atomic mass is 19.3. The van der Waals surface area contributed by atoms with Crippen molar-refractivity contribution in [1.29, 1.82) is 0 Å². The molecule has 0 atom stereocenters. The summed E-state index contributed by atoms with van der Waals surface area (Å²) in [6.45, 7) is 5.24. The normalized spacial score (nSPS) is 17.9. The molecule has 1 aliphatic heterocycles. The summed E-state index contributed by atoms with van der Waals surface area (Å²) >= 11 is 0. The molecule has 126 valence electrons. The van der Waals surface area contributed by atoms with Crippen molar-refractivity contribution in [2.75, 3.05) is 18.0 Å². The van der Waals surface area contributed by atoms with E-state index >= 15 is 0 Å². The average Bonchev–Trinajstić information content (AvgIpc) is 2.59. The van der Waals surface area contributed by atoms with E-state index in [1.807, 2.05) is 38.1 Å². The molecule has 0 amide bonds. The van der Waals surface area contributed by atoms with Gasteiger partial charge < -0.3 is 10.6 Å². The Bertz CT molecular complexity index is 573. The largest absolute Gasteiger partial charge is 0.387 e. The first-order valence-corrected chi connectivity index (χ1v) is 8.18. The quantitative estimate of drug-likeness (QED) is 0.649. The third-order valence-electron chi connectivity index (χ3n) is 4.30. The molecule has 1 saturated heterocycles. The molecule has 0 aliphatic carbocycles. The van der Waals surface area contributed by atoms with Crippen LogP contribution in [-0.4, -0.2) is 25.4 Å². The van der Waals surface area contributed by atoms with E-state index in [1.54, 1.807) is 0 Å². The Morgan fingerprint density at radius 1 is 1.39 bits per heavy atom. The number of anilines is 1. The zero-order chi connectivity index (χ0) is 16.8. The van der Waals surface area contributed by atoms with Crippen molar-refractivity contribution in [1.82, 2.24) is 0 Å². The molecular weight excluding hydrogens is 296 g/mol. The van der Waals surface area contributed by atoms with Crippen LogP contribution >= 0.6 is 0 Å². The number of alkyl halides is 2. The molecule has 2 rings (SSSR count). The molecule has 3 nitrogen and oxygen atoms in total. The summed E-state index contributed by atoms with van der Waals surface area (Å²) in [5.74, 6) is 0.135. The highest BCUT2D eigenvalue weighted by Gasteiger charge is 2.26. The molecule has 0 unspecified atom stereocenters. The van der Waals surface area contributed by atoms with Crippen molar-refractivity contribution in [3.8, 4) is 0 Å². The van der Waals surface area contributed by atoms with Crippen LogP contribution in [-0.2, 0) is 0 Å². The summed E-state index contributed by atoms with van der Waals surface area (Å²) in [4.78, 5) is 6.61. The van der Waals surface area contributed by atoms with Gasteiger partial charge in [0.15, 0.2) is 0 Å². The molecule has 1 aromatic rings. The van der Waals surface area contributed by atoms with Gasteiger partial charge in [-0.25, -0.2) is 13.8 Å². The van der Waals surface area contributed by atoms with E-state index in [-0.39, 0.29) is 0 Å². The summed E-state index contributed by atoms with van der Waals surface area (Å²) in [7, 11) is 0. The smallest absolute Gasteiger partial charge is 0.241 e. The Morgan fingerprint density at radius 2 is 2.09 bits per heavy atom. The number of hydrogen-bond acceptors (Lipinski definition) is 2. The van der Waals surface area contributed by atoms with E-state index in [0.717, 1.165) is 16.9 Å². The highest BCUT2D eigenvalue weighted by Crippen LogP contribution is 2.29. The van der Waals surface area contributed by atoms with Crippen LogP contribution in [0.3, 0.4) is 0 Å². The van der Waals surface area contributed by atoms with Crippen LogP contribution in [0.2, 0.25) is 0 Å². The lowest BCUT2D eigenvalue weighted by Gasteiger charge is -2.33. The molecule has 0 bridgehead atoms. The Labute approximate surface area is 136 Å². The Hall–Kier alpha value is -1.91. The van der Waals surface area contributed by atoms with E-state index in [4.69, 9.17) is 5.73 Å². The number of nitrogens with two attached hydrogens (primary N) is 1. The maximum Gasteiger partial charge on any atom is 0.241 e. The second kappa shape index (κ2) is 8.09. The van der Waals surface area contributed by atoms with Gasteiger partial charge in [0.05, 0.1) is 11.5 Å². The summed E-state index contributed by atoms with van der Waals surface area (Å²) in [5, 5.41) is 0. The second-order valence-electron chi connectivity index (χ2n) is 5.84. The minimum absolute atomic E-state index is 0.463. The van der Waals surface area contributed by atoms with Crippen LogP contribution in [0.25, 0.3) is 5.70 Å². The molecule has 23 heavy (non-hydrogen) atoms. The number of benzene rings is 1. The molecule has 1 heterocycles. The Kier molecular flexibility index (Phi) is 6.13. The minimum atomic E-state index is -2.20. The number of nitrogens with zero attached hydrogens (tertiary/aromatic N) is 2. The van der Waals surface area contributed by atoms with Crippen LogP contribution in [0.4, 0.5) is 14.5 Å². The van der Waals surface area contributed by atoms with Crippen molar-refractivity contribution in [2.45, 2.75) is 39.5 Å². The van der Waals surface area contributed by atoms with Gasteiger partial charge in [0, 0.05) is 36.7 Å². The van der Waals surface area contributed by atoms with E-state index < -0.39 is 12.3 Å². The van der Waals surface area contributed by atoms with Crippen LogP contribution in [0.15, 0.2) is 35.3 Å². The summed E-state index contributed by atoms with van der Waals surface area (Å²) in [5.41, 5.74) is 8.73. The molecule has 5 heteroatoms. The number of halogens is 2. The van der Waals surface area contributed by atoms with E-state index in [2.05, 4.69) is 16.0 Å². The number of amidine groups is 1. The monoisotopic (exact) mass is 321 g/mol. The van der Waals surface area contributed by atoms with Crippen molar-refractivity contribution in [3.05, 3.63) is 35.9 Å². The first-order valence-electron chi connectivity index (χ1n) is 8.18. The molecule has 1 aromatic carbocycles. The third kappa shape index (κ3) is 4.53. The maximum absolute atomic E-state index is 12.8. The fourth-order valence-corrected chi connectivity index (χ4v) is 2.80. The Balaban J connectivity index is 2.14. The predicted molar refractivity (Wildman–Crippen MR) is 92.9 cm³/mol. The van der Waals surface area contributed by atoms with E-state index in [9.17, 15) is 8.78 Å². The topological polar surface area (TPSA) is 41.6 Å². The summed E-state index contributed by atoms with van der Waals surface area (Å²) < 4.78 is 25.5. The van der Waals surface area contributed by atoms with Gasteiger partial charge in [0.1, 0.15) is 0 Å². The van der Waals surface area contributed by atoms with E-state index in [0.29, 0.717) is 38.2 Å². The first-order chi connectivity index (χ1) is 11.0. The molecule has 1 fully saturated rings. The van der Waals surface area contributed by atoms with Crippen LogP contribution in [0.5, 0.6) is 0 Å². The van der Waals surface area contributed by atoms with E-state index in [1.165, 1.54) is 0 Å². The zero-order valence-electron chi connectivity index (χ0n) is 13.8. The van der Waals surface area contributed by atoms with Crippen LogP contribution < -0.4 is 10.6 Å². The van der Waals surface area contributed by atoms with Crippen molar-refractivity contribution < 1.29 is 8.78 Å². The highest BCUT2D eigenvalue weighted by molar-refractivity contribution is 5.86. The number of aliphatic imine (C=N–C) groups is 1. The molecule has 0 saturated carbocycles. The second-order valence-corrected chi connectivity index (χ2v) is 5.84. The fourth-order valence-electron chi connectivity index (χ4n) is 2.80. The van der Waals surface area contributed by atoms with Gasteiger partial charge in [0.2, 0.25) is 6.43 Å². The van der Waals surface area contributed by atoms with Gasteiger partial charge >= 0.3 is 0 Å². The lowest BCUT2D eigenvalue weighted by molar-refractivity contribution is 0.0636. The number of hydrogen-bond donors (Lipinski definition) is 1. The molecule has 0 aromatic heterocycles. The number of allylic oxidation sites excluding steroid dienone is 1. The lowest BCUT2D eigenvalue weighted by atomic mass is 9.97. The van der Waals surface area contributed by atoms with Gasteiger partial charge in [-0.2, -0.15) is 0 Å². The van der Waals surface area contributed by atoms with Gasteiger partial charge in [0.25, 0.3) is 0 Å². The minimum Gasteiger partial charge on any atom is -0.387 e. The molecule has 1 aliphatic rings. The lowest BCUT2D eigenvalue weighted by Crippen LogP contribution is -2.35. The van der Waals surface area contributed by atoms with Crippen LogP contribution in [0, 0.1) is 5.92 Å². The maximum atomic E-state index is 12.8. The van der Waals surface area contributed by atoms with Gasteiger partial charge in [-0.05, 0) is 31.9 Å². The van der Waals surface area contributed by atoms with Crippen molar-refractivity contribution >= 4 is 17.2 Å². The van der Waals surface area contributed by atoms with Gasteiger partial charge in [-0.15, -0.1) is 0 Å². The molecule has 2 N–H and O–H groups in total. The van der Waals surface area contributed by atoms with Gasteiger partial charge in [-0.1, -0.05) is 25.1 Å². The van der Waals surface area contributed by atoms with Crippen LogP contribution in [0.1, 0.15) is 38.7 Å². The third-order valence-corrected chi connectivity index (χ3v) is 4.30. The van der Waals surface area contributed by atoms with Crippen molar-refractivity contribution in [3.63, 3.8) is 0 Å². The Morgan fingerprint density at radius 3 is 2.65 bits per heavy atom. The average molecular weight is 321 g/mol. The molecular formula is C18H25F2N3. The number of piperidine rings is 1. The standard InChI is InChI=1S/C18H25F2N3/c1-3-16(22-17(21)4-2)14-6-5-7-15(12-14)23-10-8-13(9-11-23)18(19)20/h3,5-7,12-13,18H,4,8-11H2,1-2H3,(H2,21,22)/b16-3-. The summed E-state index contributed by atoms with van der Waals surface area (Å²) in [6, 6.07) is 8.05. The fraction of sp³-hybridized carbons (Fsp3) is 0.500. The molecule has 0 radical (unpaired) electrons. The predicted octanol–water partition coefficient (Wildman–Crippen LogP) is 4.30. The zero-order valence-corrected chi connectivity index (χ0v) is 13.8.